The Labute approximate surface area is 101 Å². The first-order chi connectivity index (χ1) is 8.08. The van der Waals surface area contributed by atoms with Gasteiger partial charge < -0.3 is 10.0 Å². The van der Waals surface area contributed by atoms with Crippen molar-refractivity contribution >= 4 is 11.7 Å². The fourth-order valence-corrected chi connectivity index (χ4v) is 1.80. The largest absolute Gasteiger partial charge is 0.480 e. The minimum atomic E-state index is -0.845. The van der Waals surface area contributed by atoms with Gasteiger partial charge in [0.05, 0.1) is 11.6 Å². The molecule has 1 aromatic rings. The van der Waals surface area contributed by atoms with Gasteiger partial charge in [0.15, 0.2) is 0 Å². The van der Waals surface area contributed by atoms with Crippen molar-refractivity contribution in [2.24, 2.45) is 0 Å². The van der Waals surface area contributed by atoms with Crippen LogP contribution in [0.5, 0.6) is 0 Å². The number of hydrogen-bond acceptors (Lipinski definition) is 3. The van der Waals surface area contributed by atoms with E-state index in [1.807, 2.05) is 24.8 Å². The first-order valence-corrected chi connectivity index (χ1v) is 5.56. The fourth-order valence-electron chi connectivity index (χ4n) is 1.80. The molecule has 4 heteroatoms. The second-order valence-electron chi connectivity index (χ2n) is 3.93. The highest BCUT2D eigenvalue weighted by Crippen LogP contribution is 2.21. The number of aryl methyl sites for hydroxylation is 1. The quantitative estimate of drug-likeness (QED) is 0.845. The minimum Gasteiger partial charge on any atom is -0.480 e. The molecule has 0 amide bonds. The van der Waals surface area contributed by atoms with E-state index in [0.717, 1.165) is 17.7 Å². The van der Waals surface area contributed by atoms with Crippen LogP contribution < -0.4 is 4.90 Å². The molecule has 0 aromatic heterocycles. The number of carboxylic acids is 1. The highest BCUT2D eigenvalue weighted by Gasteiger charge is 2.12. The molecule has 1 rings (SSSR count). The van der Waals surface area contributed by atoms with Gasteiger partial charge in [-0.1, -0.05) is 6.92 Å². The molecule has 0 atom stereocenters. The number of nitrogens with zero attached hydrogens (tertiary/aromatic N) is 2. The van der Waals surface area contributed by atoms with Gasteiger partial charge in [0, 0.05) is 12.2 Å². The van der Waals surface area contributed by atoms with Crippen LogP contribution in [0.2, 0.25) is 0 Å². The zero-order valence-electron chi connectivity index (χ0n) is 10.1. The standard InChI is InChI=1S/C13H16N2O2/c1-3-6-15(9-13(16)17)12-5-4-11(8-14)7-10(12)2/h4-5,7H,3,6,9H2,1-2H3,(H,16,17). The second-order valence-corrected chi connectivity index (χ2v) is 3.93. The predicted octanol–water partition coefficient (Wildman–Crippen LogP) is 2.17. The summed E-state index contributed by atoms with van der Waals surface area (Å²) in [5.41, 5.74) is 2.41. The van der Waals surface area contributed by atoms with Crippen LogP contribution >= 0.6 is 0 Å². The van der Waals surface area contributed by atoms with E-state index in [1.54, 1.807) is 12.1 Å². The average Bonchev–Trinajstić information content (AvgIpc) is 2.27. The van der Waals surface area contributed by atoms with Gasteiger partial charge in [-0.3, -0.25) is 4.79 Å². The van der Waals surface area contributed by atoms with E-state index in [1.165, 1.54) is 0 Å². The number of nitriles is 1. The maximum Gasteiger partial charge on any atom is 0.323 e. The Hall–Kier alpha value is -2.02. The van der Waals surface area contributed by atoms with E-state index >= 15 is 0 Å². The number of benzene rings is 1. The SMILES string of the molecule is CCCN(CC(=O)O)c1ccc(C#N)cc1C. The number of carbonyl (C=O) groups is 1. The molecule has 0 bridgehead atoms. The highest BCUT2D eigenvalue weighted by molar-refractivity contribution is 5.74. The van der Waals surface area contributed by atoms with E-state index in [2.05, 4.69) is 6.07 Å². The van der Waals surface area contributed by atoms with Gasteiger partial charge in [0.25, 0.3) is 0 Å². The summed E-state index contributed by atoms with van der Waals surface area (Å²) in [7, 11) is 0. The van der Waals surface area contributed by atoms with Crippen molar-refractivity contribution in [3.05, 3.63) is 29.3 Å². The molecule has 0 spiro atoms. The van der Waals surface area contributed by atoms with E-state index in [9.17, 15) is 4.79 Å². The summed E-state index contributed by atoms with van der Waals surface area (Å²) >= 11 is 0. The molecule has 0 saturated carbocycles. The van der Waals surface area contributed by atoms with Gasteiger partial charge in [-0.05, 0) is 37.1 Å². The molecule has 17 heavy (non-hydrogen) atoms. The topological polar surface area (TPSA) is 64.3 Å². The minimum absolute atomic E-state index is 0.0133. The van der Waals surface area contributed by atoms with Crippen molar-refractivity contribution in [3.8, 4) is 6.07 Å². The van der Waals surface area contributed by atoms with Crippen molar-refractivity contribution in [1.82, 2.24) is 0 Å². The number of carboxylic acid groups (broad SMARTS) is 1. The second kappa shape index (κ2) is 5.90. The van der Waals surface area contributed by atoms with Crippen LogP contribution in [-0.2, 0) is 4.79 Å². The molecular weight excluding hydrogens is 216 g/mol. The van der Waals surface area contributed by atoms with E-state index in [-0.39, 0.29) is 6.54 Å². The summed E-state index contributed by atoms with van der Waals surface area (Å²) in [6, 6.07) is 7.38. The summed E-state index contributed by atoms with van der Waals surface area (Å²) in [5.74, 6) is -0.845. The van der Waals surface area contributed by atoms with Gasteiger partial charge in [0.1, 0.15) is 6.54 Å². The zero-order valence-corrected chi connectivity index (χ0v) is 10.1. The zero-order chi connectivity index (χ0) is 12.8. The van der Waals surface area contributed by atoms with Crippen LogP contribution in [0.4, 0.5) is 5.69 Å². The Kier molecular flexibility index (Phi) is 4.53. The van der Waals surface area contributed by atoms with Crippen LogP contribution in [0.3, 0.4) is 0 Å². The van der Waals surface area contributed by atoms with Crippen molar-refractivity contribution in [2.75, 3.05) is 18.0 Å². The maximum atomic E-state index is 10.8. The van der Waals surface area contributed by atoms with Crippen molar-refractivity contribution in [3.63, 3.8) is 0 Å². The van der Waals surface area contributed by atoms with Crippen LogP contribution in [-0.4, -0.2) is 24.2 Å². The summed E-state index contributed by atoms with van der Waals surface area (Å²) < 4.78 is 0. The van der Waals surface area contributed by atoms with Crippen LogP contribution in [0.25, 0.3) is 0 Å². The molecular formula is C13H16N2O2. The Morgan fingerprint density at radius 3 is 2.71 bits per heavy atom. The van der Waals surface area contributed by atoms with Gasteiger partial charge in [0.2, 0.25) is 0 Å². The van der Waals surface area contributed by atoms with Crippen LogP contribution in [0, 0.1) is 18.3 Å². The van der Waals surface area contributed by atoms with E-state index in [4.69, 9.17) is 10.4 Å². The third kappa shape index (κ3) is 3.49. The van der Waals surface area contributed by atoms with Gasteiger partial charge in [-0.15, -0.1) is 0 Å². The lowest BCUT2D eigenvalue weighted by Crippen LogP contribution is -2.30. The molecule has 0 unspecified atom stereocenters. The lowest BCUT2D eigenvalue weighted by atomic mass is 10.1. The molecule has 0 aliphatic carbocycles. The number of hydrogen-bond donors (Lipinski definition) is 1. The summed E-state index contributed by atoms with van der Waals surface area (Å²) in [6.45, 7) is 4.58. The van der Waals surface area contributed by atoms with Gasteiger partial charge in [-0.25, -0.2) is 0 Å². The Morgan fingerprint density at radius 2 is 2.24 bits per heavy atom. The highest BCUT2D eigenvalue weighted by atomic mass is 16.4. The van der Waals surface area contributed by atoms with Crippen LogP contribution in [0.1, 0.15) is 24.5 Å². The lowest BCUT2D eigenvalue weighted by molar-refractivity contribution is -0.135. The summed E-state index contributed by atoms with van der Waals surface area (Å²) in [6.07, 6.45) is 0.882. The van der Waals surface area contributed by atoms with Crippen LogP contribution in [0.15, 0.2) is 18.2 Å². The molecule has 0 aliphatic rings. The number of rotatable bonds is 5. The molecule has 0 fully saturated rings. The maximum absolute atomic E-state index is 10.8. The molecule has 1 aromatic carbocycles. The fraction of sp³-hybridized carbons (Fsp3) is 0.385. The summed E-state index contributed by atoms with van der Waals surface area (Å²) in [4.78, 5) is 12.6. The lowest BCUT2D eigenvalue weighted by Gasteiger charge is -2.24. The van der Waals surface area contributed by atoms with Crippen molar-refractivity contribution < 1.29 is 9.90 Å². The monoisotopic (exact) mass is 232 g/mol. The number of anilines is 1. The predicted molar refractivity (Wildman–Crippen MR) is 66.0 cm³/mol. The van der Waals surface area contributed by atoms with Gasteiger partial charge in [-0.2, -0.15) is 5.26 Å². The Balaban J connectivity index is 3.01. The molecule has 1 N–H and O–H groups in total. The third-order valence-electron chi connectivity index (χ3n) is 2.49. The normalized spacial score (nSPS) is 9.71. The molecule has 90 valence electrons. The molecule has 0 saturated heterocycles. The number of aliphatic carboxylic acids is 1. The molecule has 0 aliphatic heterocycles. The summed E-state index contributed by atoms with van der Waals surface area (Å²) in [5, 5.41) is 17.7. The van der Waals surface area contributed by atoms with Crippen molar-refractivity contribution in [2.45, 2.75) is 20.3 Å². The molecule has 0 heterocycles. The average molecular weight is 232 g/mol. The molecule has 4 nitrogen and oxygen atoms in total. The van der Waals surface area contributed by atoms with E-state index < -0.39 is 5.97 Å². The van der Waals surface area contributed by atoms with Crippen molar-refractivity contribution in [1.29, 1.82) is 5.26 Å². The first kappa shape index (κ1) is 13.0. The first-order valence-electron chi connectivity index (χ1n) is 5.56. The van der Waals surface area contributed by atoms with Gasteiger partial charge >= 0.3 is 5.97 Å². The Morgan fingerprint density at radius 1 is 1.53 bits per heavy atom. The molecule has 0 radical (unpaired) electrons. The smallest absolute Gasteiger partial charge is 0.323 e. The Bertz CT molecular complexity index is 449. The third-order valence-corrected chi connectivity index (χ3v) is 2.49. The van der Waals surface area contributed by atoms with E-state index in [0.29, 0.717) is 12.1 Å².